The number of nitrogens with zero attached hydrogens (tertiary/aromatic N) is 2. The van der Waals surface area contributed by atoms with Gasteiger partial charge in [-0.25, -0.2) is 9.79 Å². The summed E-state index contributed by atoms with van der Waals surface area (Å²) >= 11 is 0. The molecule has 25 heavy (non-hydrogen) atoms. The highest BCUT2D eigenvalue weighted by Gasteiger charge is 2.25. The molecule has 0 bridgehead atoms. The molecule has 1 aliphatic rings. The average molecular weight is 334 g/mol. The molecule has 0 N–H and O–H groups in total. The van der Waals surface area contributed by atoms with Gasteiger partial charge >= 0.3 is 5.97 Å². The molecule has 3 rings (SSSR count). The minimum atomic E-state index is -0.581. The van der Waals surface area contributed by atoms with E-state index in [1.54, 1.807) is 12.1 Å². The molecule has 1 aliphatic heterocycles. The number of ether oxygens (including phenoxy) is 1. The second-order valence-corrected chi connectivity index (χ2v) is 5.44. The predicted octanol–water partition coefficient (Wildman–Crippen LogP) is 3.89. The first-order valence-electron chi connectivity index (χ1n) is 7.54. The minimum absolute atomic E-state index is 0.0625. The first-order valence-corrected chi connectivity index (χ1v) is 7.54. The van der Waals surface area contributed by atoms with Crippen LogP contribution in [0.5, 0.6) is 0 Å². The van der Waals surface area contributed by atoms with E-state index in [1.165, 1.54) is 18.2 Å². The van der Waals surface area contributed by atoms with Crippen LogP contribution in [0, 0.1) is 10.1 Å². The molecule has 0 radical (unpaired) electrons. The largest absolute Gasteiger partial charge is 0.402 e. The highest BCUT2D eigenvalue weighted by atomic mass is 16.6. The van der Waals surface area contributed by atoms with Crippen molar-refractivity contribution in [3.05, 3.63) is 93.2 Å². The summed E-state index contributed by atoms with van der Waals surface area (Å²) in [5.74, 6) is -0.519. The van der Waals surface area contributed by atoms with E-state index in [9.17, 15) is 14.9 Å². The van der Waals surface area contributed by atoms with Crippen LogP contribution < -0.4 is 0 Å². The predicted molar refractivity (Wildman–Crippen MR) is 93.9 cm³/mol. The third-order valence-electron chi connectivity index (χ3n) is 3.48. The third-order valence-corrected chi connectivity index (χ3v) is 3.48. The molecule has 0 aliphatic carbocycles. The van der Waals surface area contributed by atoms with Crippen molar-refractivity contribution in [1.29, 1.82) is 0 Å². The topological polar surface area (TPSA) is 81.8 Å². The normalized spacial score (nSPS) is 15.9. The molecule has 124 valence electrons. The molecule has 0 unspecified atom stereocenters. The maximum Gasteiger partial charge on any atom is 0.363 e. The van der Waals surface area contributed by atoms with E-state index in [4.69, 9.17) is 4.74 Å². The molecule has 0 spiro atoms. The van der Waals surface area contributed by atoms with E-state index < -0.39 is 10.9 Å². The number of cyclic esters (lactones) is 1. The molecule has 2 aromatic carbocycles. The summed E-state index contributed by atoms with van der Waals surface area (Å²) in [6, 6.07) is 15.5. The SMILES string of the molecule is CC(=Cc1ccccc1)C=C1N=C(c2cccc([N+](=O)[O-])c2)OC1=O. The van der Waals surface area contributed by atoms with Gasteiger partial charge in [0.1, 0.15) is 0 Å². The van der Waals surface area contributed by atoms with Gasteiger partial charge in [-0.05, 0) is 30.2 Å². The molecule has 6 heteroatoms. The first kappa shape index (κ1) is 16.3. The second-order valence-electron chi connectivity index (χ2n) is 5.44. The molecular formula is C19H14N2O4. The molecule has 0 amide bonds. The van der Waals surface area contributed by atoms with Gasteiger partial charge in [-0.2, -0.15) is 0 Å². The van der Waals surface area contributed by atoms with Crippen LogP contribution in [0.15, 0.2) is 76.9 Å². The molecule has 0 saturated carbocycles. The van der Waals surface area contributed by atoms with E-state index in [-0.39, 0.29) is 17.3 Å². The molecule has 2 aromatic rings. The minimum Gasteiger partial charge on any atom is -0.402 e. The number of aliphatic imine (C=N–C) groups is 1. The lowest BCUT2D eigenvalue weighted by Crippen LogP contribution is -2.05. The molecule has 6 nitrogen and oxygen atoms in total. The quantitative estimate of drug-likeness (QED) is 0.368. The molecule has 0 saturated heterocycles. The number of non-ortho nitro benzene ring substituents is 1. The molecule has 0 fully saturated rings. The van der Waals surface area contributed by atoms with Crippen molar-refractivity contribution in [2.45, 2.75) is 6.92 Å². The number of carbonyl (C=O) groups excluding carboxylic acids is 1. The summed E-state index contributed by atoms with van der Waals surface area (Å²) in [7, 11) is 0. The van der Waals surface area contributed by atoms with Crippen LogP contribution in [0.4, 0.5) is 5.69 Å². The van der Waals surface area contributed by atoms with Gasteiger partial charge in [-0.1, -0.05) is 42.5 Å². The summed E-state index contributed by atoms with van der Waals surface area (Å²) in [5, 5.41) is 10.9. The second kappa shape index (κ2) is 6.92. The summed E-state index contributed by atoms with van der Waals surface area (Å²) in [4.78, 5) is 26.5. The Balaban J connectivity index is 1.88. The third kappa shape index (κ3) is 3.87. The van der Waals surface area contributed by atoms with Crippen molar-refractivity contribution in [2.75, 3.05) is 0 Å². The Morgan fingerprint density at radius 2 is 1.92 bits per heavy atom. The van der Waals surface area contributed by atoms with Crippen molar-refractivity contribution >= 4 is 23.6 Å². The van der Waals surface area contributed by atoms with Crippen molar-refractivity contribution < 1.29 is 14.5 Å². The Morgan fingerprint density at radius 3 is 2.64 bits per heavy atom. The van der Waals surface area contributed by atoms with Crippen LogP contribution in [0.3, 0.4) is 0 Å². The maximum atomic E-state index is 12.0. The van der Waals surface area contributed by atoms with Crippen LogP contribution in [0.2, 0.25) is 0 Å². The number of hydrogen-bond donors (Lipinski definition) is 0. The summed E-state index contributed by atoms with van der Waals surface area (Å²) in [6.07, 6.45) is 3.54. The smallest absolute Gasteiger partial charge is 0.363 e. The van der Waals surface area contributed by atoms with Crippen LogP contribution in [-0.2, 0) is 9.53 Å². The summed E-state index contributed by atoms with van der Waals surface area (Å²) in [5.41, 5.74) is 2.30. The van der Waals surface area contributed by atoms with E-state index in [0.29, 0.717) is 5.56 Å². The average Bonchev–Trinajstić information content (AvgIpc) is 2.96. The number of esters is 1. The first-order chi connectivity index (χ1) is 12.0. The van der Waals surface area contributed by atoms with Crippen molar-refractivity contribution in [2.24, 2.45) is 4.99 Å². The fraction of sp³-hybridized carbons (Fsp3) is 0.0526. The fourth-order valence-electron chi connectivity index (χ4n) is 2.35. The number of nitro benzene ring substituents is 1. The lowest BCUT2D eigenvalue weighted by Gasteiger charge is -1.98. The zero-order valence-corrected chi connectivity index (χ0v) is 13.4. The molecule has 0 atom stereocenters. The van der Waals surface area contributed by atoms with Gasteiger partial charge in [0, 0.05) is 17.7 Å². The van der Waals surface area contributed by atoms with Gasteiger partial charge in [0.05, 0.1) is 4.92 Å². The van der Waals surface area contributed by atoms with E-state index in [2.05, 4.69) is 4.99 Å². The highest BCUT2D eigenvalue weighted by Crippen LogP contribution is 2.21. The van der Waals surface area contributed by atoms with Crippen LogP contribution in [0.1, 0.15) is 18.1 Å². The Bertz CT molecular complexity index is 927. The van der Waals surface area contributed by atoms with Crippen LogP contribution in [0.25, 0.3) is 6.08 Å². The van der Waals surface area contributed by atoms with Crippen molar-refractivity contribution in [3.8, 4) is 0 Å². The Kier molecular flexibility index (Phi) is 4.52. The number of carbonyl (C=O) groups is 1. The number of allylic oxidation sites excluding steroid dienone is 2. The molecule has 0 aromatic heterocycles. The van der Waals surface area contributed by atoms with Crippen molar-refractivity contribution in [1.82, 2.24) is 0 Å². The van der Waals surface area contributed by atoms with E-state index in [0.717, 1.165) is 11.1 Å². The number of hydrogen-bond acceptors (Lipinski definition) is 5. The van der Waals surface area contributed by atoms with Gasteiger partial charge < -0.3 is 4.74 Å². The van der Waals surface area contributed by atoms with Crippen molar-refractivity contribution in [3.63, 3.8) is 0 Å². The van der Waals surface area contributed by atoms with Crippen LogP contribution in [-0.4, -0.2) is 16.8 Å². The Hall–Kier alpha value is -3.54. The fourth-order valence-corrected chi connectivity index (χ4v) is 2.35. The lowest BCUT2D eigenvalue weighted by molar-refractivity contribution is -0.384. The lowest BCUT2D eigenvalue weighted by atomic mass is 10.1. The Labute approximate surface area is 143 Å². The number of rotatable bonds is 4. The van der Waals surface area contributed by atoms with E-state index in [1.807, 2.05) is 43.3 Å². The summed E-state index contributed by atoms with van der Waals surface area (Å²) < 4.78 is 5.14. The monoisotopic (exact) mass is 334 g/mol. The van der Waals surface area contributed by atoms with Crippen LogP contribution >= 0.6 is 0 Å². The maximum absolute atomic E-state index is 12.0. The Morgan fingerprint density at radius 1 is 1.16 bits per heavy atom. The van der Waals surface area contributed by atoms with E-state index >= 15 is 0 Å². The zero-order valence-electron chi connectivity index (χ0n) is 13.4. The summed E-state index contributed by atoms with van der Waals surface area (Å²) in [6.45, 7) is 1.86. The van der Waals surface area contributed by atoms with Gasteiger partial charge in [-0.3, -0.25) is 10.1 Å². The van der Waals surface area contributed by atoms with Gasteiger partial charge in [0.2, 0.25) is 5.90 Å². The molecule has 1 heterocycles. The number of benzene rings is 2. The standard InChI is InChI=1S/C19H14N2O4/c1-13(10-14-6-3-2-4-7-14)11-17-19(22)25-18(20-17)15-8-5-9-16(12-15)21(23)24/h2-12H,1H3. The highest BCUT2D eigenvalue weighted by molar-refractivity contribution is 6.11. The van der Waals surface area contributed by atoms with Gasteiger partial charge in [0.25, 0.3) is 5.69 Å². The number of nitro groups is 1. The van der Waals surface area contributed by atoms with Gasteiger partial charge in [0.15, 0.2) is 5.70 Å². The van der Waals surface area contributed by atoms with Gasteiger partial charge in [-0.15, -0.1) is 0 Å². The zero-order chi connectivity index (χ0) is 17.8. The molecular weight excluding hydrogens is 320 g/mol.